The van der Waals surface area contributed by atoms with Gasteiger partial charge in [-0.25, -0.2) is 4.98 Å². The minimum absolute atomic E-state index is 0.0393. The molecule has 73 heavy (non-hydrogen) atoms. The molecular weight excluding hydrogens is 891 g/mol. The lowest BCUT2D eigenvalue weighted by Gasteiger charge is -2.27. The molecule has 0 aliphatic carbocycles. The Bertz CT molecular complexity index is 3710. The van der Waals surface area contributed by atoms with Gasteiger partial charge in [0.25, 0.3) is 0 Å². The van der Waals surface area contributed by atoms with Gasteiger partial charge < -0.3 is 9.67 Å². The number of benzene rings is 6. The van der Waals surface area contributed by atoms with Crippen LogP contribution in [0.4, 0.5) is 0 Å². The summed E-state index contributed by atoms with van der Waals surface area (Å²) in [6, 6.07) is 49.1. The molecule has 0 bridgehead atoms. The highest BCUT2D eigenvalue weighted by atomic mass is 16.3. The fraction of sp³-hybridized carbons (Fsp3) is 0.299. The third-order valence-corrected chi connectivity index (χ3v) is 14.7. The molecule has 0 aliphatic rings. The van der Waals surface area contributed by atoms with E-state index in [1.54, 1.807) is 18.5 Å². The van der Waals surface area contributed by atoms with Crippen LogP contribution in [-0.4, -0.2) is 29.2 Å². The maximum atomic E-state index is 11.5. The van der Waals surface area contributed by atoms with Gasteiger partial charge in [-0.05, 0) is 133 Å². The number of aromatic hydroxyl groups is 1. The maximum absolute atomic E-state index is 11.5. The third kappa shape index (κ3) is 9.15. The van der Waals surface area contributed by atoms with E-state index in [0.717, 1.165) is 50.2 Å². The highest BCUT2D eigenvalue weighted by Gasteiger charge is 2.28. The van der Waals surface area contributed by atoms with Crippen molar-refractivity contribution in [2.45, 2.75) is 131 Å². The molecule has 370 valence electrons. The molecule has 4 aromatic heterocycles. The lowest BCUT2D eigenvalue weighted by atomic mass is 9.80. The summed E-state index contributed by atoms with van der Waals surface area (Å²) in [7, 11) is 0. The molecule has 10 rings (SSSR count). The van der Waals surface area contributed by atoms with E-state index in [2.05, 4.69) is 245 Å². The standard InChI is InChI=1S/C67H71N5O/c1-63(2,3)44-31-42(51-21-19-25-58-60(51)70-62(55-40-68-28-27-59(55)73)72(58)50-38-47(66(10,11)12)35-48(39-50)67(13,14)15)30-43(32-44)56-33-41(26-29-69-56)52-22-18-23-54-53-20-16-17-24-57(53)71(61(52)54)49-36-45(64(4,5)6)34-46(37-49)65(7,8)9/h16-40H,1-15H3,(H,68,73). The zero-order valence-corrected chi connectivity index (χ0v) is 45.6. The number of nitrogens with zero attached hydrogens (tertiary/aromatic N) is 5. The number of hydrogen-bond acceptors (Lipinski definition) is 4. The van der Waals surface area contributed by atoms with Crippen molar-refractivity contribution in [2.24, 2.45) is 0 Å². The second-order valence-corrected chi connectivity index (χ2v) is 25.4. The lowest BCUT2D eigenvalue weighted by molar-refractivity contribution is 0.476. The van der Waals surface area contributed by atoms with E-state index >= 15 is 0 Å². The largest absolute Gasteiger partial charge is 0.507 e. The highest BCUT2D eigenvalue weighted by molar-refractivity contribution is 6.14. The Morgan fingerprint density at radius 3 is 1.53 bits per heavy atom. The van der Waals surface area contributed by atoms with Crippen LogP contribution in [0.5, 0.6) is 5.75 Å². The predicted octanol–water partition coefficient (Wildman–Crippen LogP) is 17.8. The number of hydrogen-bond donors (Lipinski definition) is 1. The second-order valence-electron chi connectivity index (χ2n) is 25.4. The van der Waals surface area contributed by atoms with Gasteiger partial charge in [0, 0.05) is 57.4 Å². The van der Waals surface area contributed by atoms with Crippen LogP contribution < -0.4 is 0 Å². The zero-order chi connectivity index (χ0) is 52.2. The predicted molar refractivity (Wildman–Crippen MR) is 308 cm³/mol. The molecule has 6 aromatic carbocycles. The zero-order valence-electron chi connectivity index (χ0n) is 45.6. The molecule has 0 spiro atoms. The van der Waals surface area contributed by atoms with Crippen molar-refractivity contribution in [3.63, 3.8) is 0 Å². The fourth-order valence-electron chi connectivity index (χ4n) is 10.2. The van der Waals surface area contributed by atoms with Crippen molar-refractivity contribution in [2.75, 3.05) is 0 Å². The molecule has 6 nitrogen and oxygen atoms in total. The number of imidazole rings is 1. The summed E-state index contributed by atoms with van der Waals surface area (Å²) in [5.41, 5.74) is 18.9. The van der Waals surface area contributed by atoms with Crippen LogP contribution in [0.3, 0.4) is 0 Å². The third-order valence-electron chi connectivity index (χ3n) is 14.7. The Labute approximate surface area is 432 Å². The van der Waals surface area contributed by atoms with Gasteiger partial charge >= 0.3 is 0 Å². The van der Waals surface area contributed by atoms with E-state index in [9.17, 15) is 5.11 Å². The van der Waals surface area contributed by atoms with E-state index in [1.165, 1.54) is 55.3 Å². The van der Waals surface area contributed by atoms with E-state index < -0.39 is 0 Å². The van der Waals surface area contributed by atoms with Gasteiger partial charge in [0.1, 0.15) is 5.75 Å². The summed E-state index contributed by atoms with van der Waals surface area (Å²) in [5, 5.41) is 13.9. The molecule has 1 N–H and O–H groups in total. The van der Waals surface area contributed by atoms with E-state index in [-0.39, 0.29) is 32.8 Å². The Morgan fingerprint density at radius 1 is 0.411 bits per heavy atom. The summed E-state index contributed by atoms with van der Waals surface area (Å²) in [5.74, 6) is 0.759. The van der Waals surface area contributed by atoms with Gasteiger partial charge in [-0.1, -0.05) is 171 Å². The molecule has 0 fully saturated rings. The molecule has 0 amide bonds. The molecular formula is C67H71N5O. The molecule has 4 heterocycles. The molecule has 0 saturated heterocycles. The van der Waals surface area contributed by atoms with Gasteiger partial charge in [-0.2, -0.15) is 0 Å². The number of fused-ring (bicyclic) bond motifs is 4. The first-order chi connectivity index (χ1) is 34.3. The summed E-state index contributed by atoms with van der Waals surface area (Å²) >= 11 is 0. The minimum atomic E-state index is -0.181. The summed E-state index contributed by atoms with van der Waals surface area (Å²) in [6.07, 6.45) is 5.30. The molecule has 10 aromatic rings. The van der Waals surface area contributed by atoms with Crippen molar-refractivity contribution >= 4 is 32.8 Å². The van der Waals surface area contributed by atoms with Crippen LogP contribution in [0.25, 0.3) is 89.1 Å². The molecule has 0 aliphatic heterocycles. The average molecular weight is 962 g/mol. The van der Waals surface area contributed by atoms with E-state index in [4.69, 9.17) is 9.97 Å². The topological polar surface area (TPSA) is 68.8 Å². The Morgan fingerprint density at radius 2 is 0.932 bits per heavy atom. The van der Waals surface area contributed by atoms with Gasteiger partial charge in [0.15, 0.2) is 5.82 Å². The molecule has 6 heteroatoms. The Kier molecular flexibility index (Phi) is 11.8. The smallest absolute Gasteiger partial charge is 0.151 e. The van der Waals surface area contributed by atoms with Crippen LogP contribution in [0, 0.1) is 0 Å². The Balaban J connectivity index is 1.19. The number of rotatable bonds is 6. The van der Waals surface area contributed by atoms with Crippen LogP contribution in [0.15, 0.2) is 152 Å². The molecule has 0 unspecified atom stereocenters. The van der Waals surface area contributed by atoms with Crippen molar-refractivity contribution in [3.05, 3.63) is 180 Å². The SMILES string of the molecule is CC(C)(C)c1cc(-c2cc(-c3cccc4c5ccccc5n(-c5cc(C(C)(C)C)cc(C(C)(C)C)c5)c34)ccn2)cc(-c2cccc3c2nc(-c2cnccc2O)n3-c2cc(C(C)(C)C)cc(C(C)(C)C)c2)c1. The van der Waals surface area contributed by atoms with Gasteiger partial charge in [-0.3, -0.25) is 14.5 Å². The first-order valence-corrected chi connectivity index (χ1v) is 25.9. The van der Waals surface area contributed by atoms with Crippen LogP contribution in [0.1, 0.15) is 132 Å². The molecule has 0 atom stereocenters. The van der Waals surface area contributed by atoms with E-state index in [1.807, 2.05) is 6.20 Å². The van der Waals surface area contributed by atoms with Crippen LogP contribution in [0.2, 0.25) is 0 Å². The Hall–Kier alpha value is -7.31. The van der Waals surface area contributed by atoms with Crippen molar-refractivity contribution in [1.29, 1.82) is 0 Å². The maximum Gasteiger partial charge on any atom is 0.151 e. The summed E-state index contributed by atoms with van der Waals surface area (Å²) < 4.78 is 4.70. The highest BCUT2D eigenvalue weighted by Crippen LogP contribution is 2.44. The van der Waals surface area contributed by atoms with Gasteiger partial charge in [0.05, 0.1) is 33.3 Å². The fourth-order valence-corrected chi connectivity index (χ4v) is 10.2. The lowest BCUT2D eigenvalue weighted by Crippen LogP contribution is -2.17. The first-order valence-electron chi connectivity index (χ1n) is 25.9. The summed E-state index contributed by atoms with van der Waals surface area (Å²) in [4.78, 5) is 15.1. The normalized spacial score (nSPS) is 12.9. The van der Waals surface area contributed by atoms with Crippen LogP contribution >= 0.6 is 0 Å². The average Bonchev–Trinajstić information content (AvgIpc) is 3.89. The van der Waals surface area contributed by atoms with Gasteiger partial charge in [0.2, 0.25) is 0 Å². The van der Waals surface area contributed by atoms with Crippen molar-refractivity contribution in [1.82, 2.24) is 24.1 Å². The van der Waals surface area contributed by atoms with Crippen LogP contribution in [-0.2, 0) is 27.1 Å². The van der Waals surface area contributed by atoms with Gasteiger partial charge in [-0.15, -0.1) is 0 Å². The van der Waals surface area contributed by atoms with Crippen molar-refractivity contribution in [3.8, 4) is 62.0 Å². The monoisotopic (exact) mass is 962 g/mol. The molecule has 0 radical (unpaired) electrons. The summed E-state index contributed by atoms with van der Waals surface area (Å²) in [6.45, 7) is 34.2. The number of pyridine rings is 2. The number of aromatic nitrogens is 5. The minimum Gasteiger partial charge on any atom is -0.507 e. The first kappa shape index (κ1) is 49.3. The molecule has 0 saturated carbocycles. The quantitative estimate of drug-likeness (QED) is 0.180. The second kappa shape index (κ2) is 17.4. The van der Waals surface area contributed by atoms with Crippen molar-refractivity contribution < 1.29 is 5.11 Å². The number of para-hydroxylation sites is 3. The van der Waals surface area contributed by atoms with E-state index in [0.29, 0.717) is 11.4 Å².